The first kappa shape index (κ1) is 20.9. The van der Waals surface area contributed by atoms with Crippen LogP contribution in [0.15, 0.2) is 18.2 Å². The van der Waals surface area contributed by atoms with Gasteiger partial charge in [-0.3, -0.25) is 14.4 Å². The average Bonchev–Trinajstić information content (AvgIpc) is 2.61. The van der Waals surface area contributed by atoms with Gasteiger partial charge in [-0.15, -0.1) is 0 Å². The number of rotatable bonds is 7. The van der Waals surface area contributed by atoms with Gasteiger partial charge in [0.25, 0.3) is 0 Å². The highest BCUT2D eigenvalue weighted by atomic mass is 19.1. The maximum atomic E-state index is 13.7. The van der Waals surface area contributed by atoms with E-state index in [2.05, 4.69) is 5.32 Å². The molecule has 1 aliphatic carbocycles. The fourth-order valence-electron chi connectivity index (χ4n) is 3.44. The SMILES string of the molecule is COc1ccc(C(=O)CCC(=O)NC2CCCCCCC2C(=O)O)cc1F. The van der Waals surface area contributed by atoms with Crippen LogP contribution in [0.5, 0.6) is 5.75 Å². The maximum absolute atomic E-state index is 13.7. The third-order valence-electron chi connectivity index (χ3n) is 4.98. The molecule has 0 radical (unpaired) electrons. The highest BCUT2D eigenvalue weighted by Crippen LogP contribution is 2.23. The Bertz CT molecular complexity index is 691. The minimum absolute atomic E-state index is 0.0493. The van der Waals surface area contributed by atoms with Gasteiger partial charge in [-0.2, -0.15) is 0 Å². The van der Waals surface area contributed by atoms with Gasteiger partial charge in [0.2, 0.25) is 5.91 Å². The van der Waals surface area contributed by atoms with Crippen molar-refractivity contribution >= 4 is 17.7 Å². The summed E-state index contributed by atoms with van der Waals surface area (Å²) in [6.07, 6.45) is 4.79. The van der Waals surface area contributed by atoms with Crippen molar-refractivity contribution in [2.45, 2.75) is 57.4 Å². The summed E-state index contributed by atoms with van der Waals surface area (Å²) >= 11 is 0. The zero-order valence-corrected chi connectivity index (χ0v) is 15.5. The van der Waals surface area contributed by atoms with E-state index in [-0.39, 0.29) is 35.8 Å². The quantitative estimate of drug-likeness (QED) is 0.709. The highest BCUT2D eigenvalue weighted by Gasteiger charge is 2.29. The molecular formula is C20H26FNO5. The number of ether oxygens (including phenoxy) is 1. The third-order valence-corrected chi connectivity index (χ3v) is 4.98. The van der Waals surface area contributed by atoms with E-state index in [1.807, 2.05) is 0 Å². The molecule has 1 aromatic rings. The van der Waals surface area contributed by atoms with Crippen molar-refractivity contribution in [3.8, 4) is 5.75 Å². The Morgan fingerprint density at radius 1 is 1.15 bits per heavy atom. The monoisotopic (exact) mass is 379 g/mol. The van der Waals surface area contributed by atoms with Gasteiger partial charge in [-0.1, -0.05) is 25.7 Å². The summed E-state index contributed by atoms with van der Waals surface area (Å²) in [5, 5.41) is 12.2. The normalized spacial score (nSPS) is 20.2. The molecule has 0 spiro atoms. The summed E-state index contributed by atoms with van der Waals surface area (Å²) in [7, 11) is 1.34. The summed E-state index contributed by atoms with van der Waals surface area (Å²) < 4.78 is 18.5. The Balaban J connectivity index is 1.91. The highest BCUT2D eigenvalue weighted by molar-refractivity contribution is 5.98. The number of hydrogen-bond acceptors (Lipinski definition) is 4. The molecule has 0 heterocycles. The van der Waals surface area contributed by atoms with E-state index in [1.165, 1.54) is 19.2 Å². The van der Waals surface area contributed by atoms with Gasteiger partial charge in [0.1, 0.15) is 0 Å². The minimum Gasteiger partial charge on any atom is -0.494 e. The van der Waals surface area contributed by atoms with Crippen LogP contribution >= 0.6 is 0 Å². The average molecular weight is 379 g/mol. The smallest absolute Gasteiger partial charge is 0.308 e. The van der Waals surface area contributed by atoms with Crippen LogP contribution in [0, 0.1) is 11.7 Å². The molecule has 27 heavy (non-hydrogen) atoms. The summed E-state index contributed by atoms with van der Waals surface area (Å²) in [5.74, 6) is -2.78. The van der Waals surface area contributed by atoms with E-state index in [0.29, 0.717) is 12.8 Å². The van der Waals surface area contributed by atoms with Crippen molar-refractivity contribution in [1.82, 2.24) is 5.32 Å². The van der Waals surface area contributed by atoms with E-state index in [0.717, 1.165) is 31.7 Å². The molecule has 148 valence electrons. The number of hydrogen-bond donors (Lipinski definition) is 2. The molecule has 0 aromatic heterocycles. The Hall–Kier alpha value is -2.44. The molecule has 0 bridgehead atoms. The van der Waals surface area contributed by atoms with E-state index in [9.17, 15) is 23.9 Å². The van der Waals surface area contributed by atoms with Gasteiger partial charge in [0, 0.05) is 24.4 Å². The molecule has 1 amide bonds. The van der Waals surface area contributed by atoms with Gasteiger partial charge >= 0.3 is 5.97 Å². The van der Waals surface area contributed by atoms with Crippen molar-refractivity contribution < 1.29 is 28.6 Å². The largest absolute Gasteiger partial charge is 0.494 e. The van der Waals surface area contributed by atoms with E-state index in [1.54, 1.807) is 0 Å². The first-order valence-electron chi connectivity index (χ1n) is 9.31. The lowest BCUT2D eigenvalue weighted by molar-refractivity contribution is -0.143. The topological polar surface area (TPSA) is 92.7 Å². The molecule has 2 rings (SSSR count). The predicted octanol–water partition coefficient (Wildman–Crippen LogP) is 3.34. The molecule has 1 fully saturated rings. The lowest BCUT2D eigenvalue weighted by Crippen LogP contribution is -2.44. The lowest BCUT2D eigenvalue weighted by atomic mass is 9.86. The second kappa shape index (κ2) is 10.0. The van der Waals surface area contributed by atoms with Crippen LogP contribution in [-0.4, -0.2) is 35.9 Å². The zero-order valence-electron chi connectivity index (χ0n) is 15.5. The number of halogens is 1. The molecular weight excluding hydrogens is 353 g/mol. The second-order valence-electron chi connectivity index (χ2n) is 6.88. The first-order chi connectivity index (χ1) is 12.9. The summed E-state index contributed by atoms with van der Waals surface area (Å²) in [6.45, 7) is 0. The van der Waals surface area contributed by atoms with Crippen molar-refractivity contribution in [3.63, 3.8) is 0 Å². The number of ketones is 1. The number of carboxylic acids is 1. The van der Waals surface area contributed by atoms with Crippen LogP contribution in [-0.2, 0) is 9.59 Å². The molecule has 1 saturated carbocycles. The number of methoxy groups -OCH3 is 1. The van der Waals surface area contributed by atoms with Crippen LogP contribution in [0.1, 0.15) is 61.7 Å². The Kier molecular flexibility index (Phi) is 7.76. The summed E-state index contributed by atoms with van der Waals surface area (Å²) in [6, 6.07) is 3.50. The summed E-state index contributed by atoms with van der Waals surface area (Å²) in [5.41, 5.74) is 0.176. The Labute approximate surface area is 158 Å². The van der Waals surface area contributed by atoms with Gasteiger partial charge in [0.05, 0.1) is 13.0 Å². The molecule has 1 aromatic carbocycles. The van der Waals surface area contributed by atoms with Crippen molar-refractivity contribution in [3.05, 3.63) is 29.6 Å². The van der Waals surface area contributed by atoms with E-state index < -0.39 is 23.7 Å². The van der Waals surface area contributed by atoms with Gasteiger partial charge in [-0.25, -0.2) is 4.39 Å². The van der Waals surface area contributed by atoms with Gasteiger partial charge < -0.3 is 15.2 Å². The molecule has 0 aliphatic heterocycles. The molecule has 7 heteroatoms. The van der Waals surface area contributed by atoms with Crippen LogP contribution in [0.3, 0.4) is 0 Å². The molecule has 6 nitrogen and oxygen atoms in total. The number of aliphatic carboxylic acids is 1. The Morgan fingerprint density at radius 2 is 1.85 bits per heavy atom. The number of nitrogens with one attached hydrogen (secondary N) is 1. The molecule has 2 N–H and O–H groups in total. The number of Topliss-reactive ketones (excluding diaryl/α,β-unsaturated/α-hetero) is 1. The summed E-state index contributed by atoms with van der Waals surface area (Å²) in [4.78, 5) is 35.9. The number of amides is 1. The molecule has 1 aliphatic rings. The third kappa shape index (κ3) is 6.05. The zero-order chi connectivity index (χ0) is 19.8. The lowest BCUT2D eigenvalue weighted by Gasteiger charge is -2.27. The fraction of sp³-hybridized carbons (Fsp3) is 0.550. The van der Waals surface area contributed by atoms with Gasteiger partial charge in [0.15, 0.2) is 17.3 Å². The Morgan fingerprint density at radius 3 is 2.48 bits per heavy atom. The van der Waals surface area contributed by atoms with E-state index >= 15 is 0 Å². The number of carbonyl (C=O) groups is 3. The predicted molar refractivity (Wildman–Crippen MR) is 97.3 cm³/mol. The van der Waals surface area contributed by atoms with Crippen molar-refractivity contribution in [2.24, 2.45) is 5.92 Å². The molecule has 2 unspecified atom stereocenters. The standard InChI is InChI=1S/C20H26FNO5/c1-27-18-10-8-13(12-15(18)21)17(23)9-11-19(24)22-16-7-5-3-2-4-6-14(16)20(25)26/h8,10,12,14,16H,2-7,9,11H2,1H3,(H,22,24)(H,25,26). The van der Waals surface area contributed by atoms with Crippen molar-refractivity contribution in [2.75, 3.05) is 7.11 Å². The minimum atomic E-state index is -0.896. The fourth-order valence-corrected chi connectivity index (χ4v) is 3.44. The molecule has 0 saturated heterocycles. The van der Waals surface area contributed by atoms with Crippen LogP contribution in [0.2, 0.25) is 0 Å². The van der Waals surface area contributed by atoms with Crippen LogP contribution < -0.4 is 10.1 Å². The number of carbonyl (C=O) groups excluding carboxylic acids is 2. The first-order valence-corrected chi connectivity index (χ1v) is 9.31. The van der Waals surface area contributed by atoms with E-state index in [4.69, 9.17) is 4.74 Å². The second-order valence-corrected chi connectivity index (χ2v) is 6.88. The van der Waals surface area contributed by atoms with Gasteiger partial charge in [-0.05, 0) is 31.0 Å². The van der Waals surface area contributed by atoms with Crippen LogP contribution in [0.25, 0.3) is 0 Å². The van der Waals surface area contributed by atoms with Crippen molar-refractivity contribution in [1.29, 1.82) is 0 Å². The number of benzene rings is 1. The van der Waals surface area contributed by atoms with Crippen LogP contribution in [0.4, 0.5) is 4.39 Å². The molecule has 2 atom stereocenters. The maximum Gasteiger partial charge on any atom is 0.308 e. The number of carboxylic acid groups (broad SMARTS) is 1.